The van der Waals surface area contributed by atoms with Gasteiger partial charge in [-0.1, -0.05) is 6.07 Å². The Balaban J connectivity index is 1.85. The third-order valence-electron chi connectivity index (χ3n) is 4.73. The Kier molecular flexibility index (Phi) is 5.30. The number of methoxy groups -OCH3 is 1. The SMILES string of the molecule is COc1cn(-c2cccc(C(F)(F)F)c2)nc1C(=O)N1CCC(C(N)=O)CC1. The summed E-state index contributed by atoms with van der Waals surface area (Å²) in [7, 11) is 1.35. The average Bonchev–Trinajstić information content (AvgIpc) is 3.11. The molecule has 0 saturated carbocycles. The zero-order valence-corrected chi connectivity index (χ0v) is 15.1. The summed E-state index contributed by atoms with van der Waals surface area (Å²) < 4.78 is 45.2. The second-order valence-corrected chi connectivity index (χ2v) is 6.51. The third kappa shape index (κ3) is 3.95. The van der Waals surface area contributed by atoms with Crippen LogP contribution in [-0.2, 0) is 11.0 Å². The van der Waals surface area contributed by atoms with Crippen molar-refractivity contribution >= 4 is 11.8 Å². The zero-order valence-electron chi connectivity index (χ0n) is 15.1. The molecule has 0 unspecified atom stereocenters. The molecule has 10 heteroatoms. The summed E-state index contributed by atoms with van der Waals surface area (Å²) in [5.41, 5.74) is 4.63. The molecule has 0 bridgehead atoms. The molecule has 2 amide bonds. The average molecular weight is 396 g/mol. The molecular weight excluding hydrogens is 377 g/mol. The highest BCUT2D eigenvalue weighted by molar-refractivity contribution is 5.95. The second-order valence-electron chi connectivity index (χ2n) is 6.51. The molecule has 28 heavy (non-hydrogen) atoms. The van der Waals surface area contributed by atoms with Gasteiger partial charge < -0.3 is 15.4 Å². The molecule has 0 aliphatic carbocycles. The third-order valence-corrected chi connectivity index (χ3v) is 4.73. The quantitative estimate of drug-likeness (QED) is 0.858. The Morgan fingerprint density at radius 1 is 1.25 bits per heavy atom. The maximum atomic E-state index is 12.9. The molecule has 3 rings (SSSR count). The predicted molar refractivity (Wildman–Crippen MR) is 92.9 cm³/mol. The van der Waals surface area contributed by atoms with Crippen LogP contribution in [0.5, 0.6) is 5.75 Å². The van der Waals surface area contributed by atoms with Crippen molar-refractivity contribution in [2.45, 2.75) is 19.0 Å². The van der Waals surface area contributed by atoms with Crippen molar-refractivity contribution in [3.8, 4) is 11.4 Å². The summed E-state index contributed by atoms with van der Waals surface area (Å²) in [5, 5.41) is 4.15. The van der Waals surface area contributed by atoms with Crippen molar-refractivity contribution < 1.29 is 27.5 Å². The first-order valence-corrected chi connectivity index (χ1v) is 8.60. The molecule has 7 nitrogen and oxygen atoms in total. The molecule has 1 aromatic carbocycles. The van der Waals surface area contributed by atoms with E-state index in [0.717, 1.165) is 12.1 Å². The van der Waals surface area contributed by atoms with Gasteiger partial charge in [0.1, 0.15) is 0 Å². The Hall–Kier alpha value is -3.04. The minimum Gasteiger partial charge on any atom is -0.493 e. The maximum Gasteiger partial charge on any atom is 0.416 e. The van der Waals surface area contributed by atoms with Crippen molar-refractivity contribution in [1.29, 1.82) is 0 Å². The molecule has 150 valence electrons. The van der Waals surface area contributed by atoms with E-state index in [9.17, 15) is 22.8 Å². The number of primary amides is 1. The monoisotopic (exact) mass is 396 g/mol. The van der Waals surface area contributed by atoms with Gasteiger partial charge in [0.05, 0.1) is 24.6 Å². The number of aromatic nitrogens is 2. The zero-order chi connectivity index (χ0) is 20.5. The van der Waals surface area contributed by atoms with Gasteiger partial charge in [0.2, 0.25) is 5.91 Å². The molecule has 1 aliphatic rings. The van der Waals surface area contributed by atoms with Crippen molar-refractivity contribution in [3.05, 3.63) is 41.7 Å². The number of amides is 2. The van der Waals surface area contributed by atoms with Gasteiger partial charge in [0.25, 0.3) is 5.91 Å². The number of halogens is 3. The van der Waals surface area contributed by atoms with Crippen LogP contribution in [0.4, 0.5) is 13.2 Å². The Bertz CT molecular complexity index is 886. The van der Waals surface area contributed by atoms with E-state index in [2.05, 4.69) is 5.10 Å². The number of hydrogen-bond donors (Lipinski definition) is 1. The number of likely N-dealkylation sites (tertiary alicyclic amines) is 1. The Labute approximate surface area is 158 Å². The van der Waals surface area contributed by atoms with Gasteiger partial charge in [-0.05, 0) is 31.0 Å². The van der Waals surface area contributed by atoms with Gasteiger partial charge in [0.15, 0.2) is 11.4 Å². The van der Waals surface area contributed by atoms with Crippen LogP contribution in [0, 0.1) is 5.92 Å². The normalized spacial score (nSPS) is 15.5. The molecular formula is C18H19F3N4O3. The summed E-state index contributed by atoms with van der Waals surface area (Å²) in [4.78, 5) is 25.6. The number of nitrogens with zero attached hydrogens (tertiary/aromatic N) is 3. The van der Waals surface area contributed by atoms with Crippen LogP contribution in [0.25, 0.3) is 5.69 Å². The highest BCUT2D eigenvalue weighted by Gasteiger charge is 2.32. The molecule has 1 fully saturated rings. The Morgan fingerprint density at radius 2 is 1.93 bits per heavy atom. The number of hydrogen-bond acceptors (Lipinski definition) is 4. The standard InChI is InChI=1S/C18H19F3N4O3/c1-28-14-10-25(13-4-2-3-12(9-13)18(19,20)21)23-15(14)17(27)24-7-5-11(6-8-24)16(22)26/h2-4,9-11H,5-8H2,1H3,(H2,22,26). The van der Waals surface area contributed by atoms with Gasteiger partial charge in [-0.25, -0.2) is 4.68 Å². The van der Waals surface area contributed by atoms with Gasteiger partial charge in [0, 0.05) is 19.0 Å². The van der Waals surface area contributed by atoms with E-state index in [4.69, 9.17) is 10.5 Å². The fourth-order valence-electron chi connectivity index (χ4n) is 3.13. The van der Waals surface area contributed by atoms with Crippen LogP contribution in [0.15, 0.2) is 30.5 Å². The van der Waals surface area contributed by atoms with Crippen LogP contribution < -0.4 is 10.5 Å². The lowest BCUT2D eigenvalue weighted by Gasteiger charge is -2.30. The van der Waals surface area contributed by atoms with Gasteiger partial charge >= 0.3 is 6.18 Å². The lowest BCUT2D eigenvalue weighted by Crippen LogP contribution is -2.42. The van der Waals surface area contributed by atoms with Crippen LogP contribution in [-0.4, -0.2) is 46.7 Å². The van der Waals surface area contributed by atoms with E-state index in [1.165, 1.54) is 35.0 Å². The number of benzene rings is 1. The number of nitrogens with two attached hydrogens (primary N) is 1. The summed E-state index contributed by atoms with van der Waals surface area (Å²) in [5.74, 6) is -0.919. The van der Waals surface area contributed by atoms with E-state index < -0.39 is 23.6 Å². The van der Waals surface area contributed by atoms with E-state index in [1.807, 2.05) is 0 Å². The number of rotatable bonds is 4. The minimum absolute atomic E-state index is 0.00237. The van der Waals surface area contributed by atoms with Crippen LogP contribution in [0.1, 0.15) is 28.9 Å². The van der Waals surface area contributed by atoms with E-state index >= 15 is 0 Å². The van der Waals surface area contributed by atoms with Crippen LogP contribution in [0.3, 0.4) is 0 Å². The van der Waals surface area contributed by atoms with Gasteiger partial charge in [-0.15, -0.1) is 0 Å². The van der Waals surface area contributed by atoms with Crippen molar-refractivity contribution in [3.63, 3.8) is 0 Å². The highest BCUT2D eigenvalue weighted by Crippen LogP contribution is 2.31. The molecule has 1 aliphatic heterocycles. The topological polar surface area (TPSA) is 90.5 Å². The molecule has 1 aromatic heterocycles. The molecule has 1 saturated heterocycles. The first kappa shape index (κ1) is 19.7. The molecule has 0 atom stereocenters. The van der Waals surface area contributed by atoms with Crippen molar-refractivity contribution in [1.82, 2.24) is 14.7 Å². The molecule has 2 heterocycles. The highest BCUT2D eigenvalue weighted by atomic mass is 19.4. The minimum atomic E-state index is -4.49. The maximum absolute atomic E-state index is 12.9. The fourth-order valence-corrected chi connectivity index (χ4v) is 3.13. The Morgan fingerprint density at radius 3 is 2.50 bits per heavy atom. The fraction of sp³-hybridized carbons (Fsp3) is 0.389. The van der Waals surface area contributed by atoms with Crippen LogP contribution in [0.2, 0.25) is 0 Å². The smallest absolute Gasteiger partial charge is 0.416 e. The van der Waals surface area contributed by atoms with Crippen molar-refractivity contribution in [2.75, 3.05) is 20.2 Å². The number of ether oxygens (including phenoxy) is 1. The summed E-state index contributed by atoms with van der Waals surface area (Å²) >= 11 is 0. The molecule has 0 spiro atoms. The second kappa shape index (κ2) is 7.53. The van der Waals surface area contributed by atoms with Gasteiger partial charge in [-0.3, -0.25) is 9.59 Å². The summed E-state index contributed by atoms with van der Waals surface area (Å²) in [6, 6.07) is 4.62. The molecule has 0 radical (unpaired) electrons. The number of carbonyl (C=O) groups is 2. The first-order valence-electron chi connectivity index (χ1n) is 8.60. The van der Waals surface area contributed by atoms with Gasteiger partial charge in [-0.2, -0.15) is 18.3 Å². The lowest BCUT2D eigenvalue weighted by molar-refractivity contribution is -0.137. The predicted octanol–water partition coefficient (Wildman–Crippen LogP) is 2.24. The van der Waals surface area contributed by atoms with E-state index in [-0.39, 0.29) is 23.0 Å². The first-order chi connectivity index (χ1) is 13.2. The molecule has 2 aromatic rings. The largest absolute Gasteiger partial charge is 0.493 e. The van der Waals surface area contributed by atoms with Crippen molar-refractivity contribution in [2.24, 2.45) is 11.7 Å². The van der Waals surface area contributed by atoms with E-state index in [1.54, 1.807) is 0 Å². The number of alkyl halides is 3. The summed E-state index contributed by atoms with van der Waals surface area (Å²) in [6.45, 7) is 0.679. The molecule has 2 N–H and O–H groups in total. The number of carbonyl (C=O) groups excluding carboxylic acids is 2. The van der Waals surface area contributed by atoms with Crippen LogP contribution >= 0.6 is 0 Å². The summed E-state index contributed by atoms with van der Waals surface area (Å²) in [6.07, 6.45) is -2.22. The number of piperidine rings is 1. The lowest BCUT2D eigenvalue weighted by atomic mass is 9.96. The van der Waals surface area contributed by atoms with E-state index in [0.29, 0.717) is 25.9 Å².